The van der Waals surface area contributed by atoms with E-state index in [0.29, 0.717) is 43.5 Å². The SMILES string of the molecule is O=C(NCC(=O)N1CCC(c2ccccc2CN2CCCC2=O)CC1)c1cc(=O)c2cc3c(cc2o1)OCO3. The van der Waals surface area contributed by atoms with Crippen LogP contribution in [0.5, 0.6) is 11.5 Å². The molecule has 39 heavy (non-hydrogen) atoms. The molecule has 6 rings (SSSR count). The van der Waals surface area contributed by atoms with Crippen LogP contribution in [-0.4, -0.2) is 60.5 Å². The minimum absolute atomic E-state index is 0.0542. The van der Waals surface area contributed by atoms with Crippen molar-refractivity contribution in [3.05, 3.63) is 69.6 Å². The molecule has 1 aromatic heterocycles. The average Bonchev–Trinajstić information content (AvgIpc) is 3.59. The first kappa shape index (κ1) is 25.0. The van der Waals surface area contributed by atoms with E-state index in [9.17, 15) is 19.2 Å². The van der Waals surface area contributed by atoms with Crippen molar-refractivity contribution in [2.75, 3.05) is 33.0 Å². The number of amides is 3. The van der Waals surface area contributed by atoms with Crippen molar-refractivity contribution in [1.29, 1.82) is 0 Å². The van der Waals surface area contributed by atoms with Gasteiger partial charge in [-0.25, -0.2) is 0 Å². The lowest BCUT2D eigenvalue weighted by Gasteiger charge is -2.33. The predicted molar refractivity (Wildman–Crippen MR) is 141 cm³/mol. The molecule has 202 valence electrons. The third-order valence-electron chi connectivity index (χ3n) is 7.72. The number of nitrogens with one attached hydrogen (secondary N) is 1. The Bertz CT molecular complexity index is 1510. The topological polar surface area (TPSA) is 118 Å². The lowest BCUT2D eigenvalue weighted by Crippen LogP contribution is -2.44. The smallest absolute Gasteiger partial charge is 0.287 e. The van der Waals surface area contributed by atoms with Crippen molar-refractivity contribution in [1.82, 2.24) is 15.1 Å². The average molecular weight is 532 g/mol. The highest BCUT2D eigenvalue weighted by molar-refractivity contribution is 5.95. The van der Waals surface area contributed by atoms with Gasteiger partial charge in [0.1, 0.15) is 5.58 Å². The summed E-state index contributed by atoms with van der Waals surface area (Å²) in [5, 5.41) is 2.86. The maximum absolute atomic E-state index is 12.9. The van der Waals surface area contributed by atoms with Crippen molar-refractivity contribution < 1.29 is 28.3 Å². The number of rotatable bonds is 6. The number of hydrogen-bond donors (Lipinski definition) is 1. The highest BCUT2D eigenvalue weighted by Crippen LogP contribution is 2.35. The molecule has 2 saturated heterocycles. The summed E-state index contributed by atoms with van der Waals surface area (Å²) in [6.07, 6.45) is 3.15. The standard InChI is InChI=1S/C29H29N3O7/c33-22-13-26(39-23-14-25-24(12-21(22)23)37-17-38-25)29(36)30-15-28(35)31-10-7-18(8-11-31)20-5-2-1-4-19(20)16-32-9-3-6-27(32)34/h1-2,4-5,12-14,18H,3,6-11,15-17H2,(H,30,36). The molecular formula is C29H29N3O7. The summed E-state index contributed by atoms with van der Waals surface area (Å²) >= 11 is 0. The van der Waals surface area contributed by atoms with Crippen LogP contribution in [-0.2, 0) is 16.1 Å². The molecular weight excluding hydrogens is 502 g/mol. The minimum atomic E-state index is -0.639. The molecule has 0 bridgehead atoms. The number of likely N-dealkylation sites (tertiary alicyclic amines) is 2. The van der Waals surface area contributed by atoms with Gasteiger partial charge in [-0.2, -0.15) is 0 Å². The molecule has 0 saturated carbocycles. The summed E-state index contributed by atoms with van der Waals surface area (Å²) in [6.45, 7) is 2.45. The van der Waals surface area contributed by atoms with E-state index in [-0.39, 0.29) is 47.3 Å². The summed E-state index contributed by atoms with van der Waals surface area (Å²) in [7, 11) is 0. The van der Waals surface area contributed by atoms with Gasteiger partial charge >= 0.3 is 0 Å². The van der Waals surface area contributed by atoms with Crippen LogP contribution in [0.2, 0.25) is 0 Å². The quantitative estimate of drug-likeness (QED) is 0.520. The lowest BCUT2D eigenvalue weighted by atomic mass is 9.86. The third kappa shape index (κ3) is 5.06. The van der Waals surface area contributed by atoms with E-state index in [1.165, 1.54) is 23.3 Å². The number of fused-ring (bicyclic) bond motifs is 2. The summed E-state index contributed by atoms with van der Waals surface area (Å²) in [5.74, 6) is 0.401. The Kier molecular flexibility index (Phi) is 6.68. The zero-order chi connectivity index (χ0) is 26.9. The molecule has 3 amide bonds. The molecule has 3 aromatic rings. The summed E-state index contributed by atoms with van der Waals surface area (Å²) in [5.41, 5.74) is 2.24. The van der Waals surface area contributed by atoms with E-state index in [1.807, 2.05) is 17.0 Å². The number of nitrogens with zero attached hydrogens (tertiary/aromatic N) is 2. The molecule has 3 aliphatic heterocycles. The second kappa shape index (κ2) is 10.4. The zero-order valence-electron chi connectivity index (χ0n) is 21.4. The largest absolute Gasteiger partial charge is 0.454 e. The highest BCUT2D eigenvalue weighted by Gasteiger charge is 2.27. The van der Waals surface area contributed by atoms with Crippen LogP contribution in [0.15, 0.2) is 51.7 Å². The Morgan fingerprint density at radius 3 is 2.51 bits per heavy atom. The molecule has 0 unspecified atom stereocenters. The summed E-state index contributed by atoms with van der Waals surface area (Å²) < 4.78 is 16.2. The van der Waals surface area contributed by atoms with Gasteiger partial charge in [-0.05, 0) is 42.4 Å². The maximum atomic E-state index is 12.9. The predicted octanol–water partition coefficient (Wildman–Crippen LogP) is 2.78. The molecule has 0 aliphatic carbocycles. The number of benzene rings is 2. The van der Waals surface area contributed by atoms with Crippen LogP contribution in [0.25, 0.3) is 11.0 Å². The van der Waals surface area contributed by atoms with Gasteiger partial charge in [0, 0.05) is 44.7 Å². The number of ether oxygens (including phenoxy) is 2. The Morgan fingerprint density at radius 1 is 0.974 bits per heavy atom. The van der Waals surface area contributed by atoms with Gasteiger partial charge in [0.25, 0.3) is 5.91 Å². The van der Waals surface area contributed by atoms with Crippen molar-refractivity contribution in [2.24, 2.45) is 0 Å². The molecule has 3 aliphatic rings. The lowest BCUT2D eigenvalue weighted by molar-refractivity contribution is -0.131. The second-order valence-corrected chi connectivity index (χ2v) is 10.1. The first-order valence-corrected chi connectivity index (χ1v) is 13.3. The van der Waals surface area contributed by atoms with Crippen molar-refractivity contribution in [2.45, 2.75) is 38.1 Å². The van der Waals surface area contributed by atoms with Crippen LogP contribution < -0.4 is 20.2 Å². The van der Waals surface area contributed by atoms with Gasteiger partial charge in [0.2, 0.25) is 18.6 Å². The Hall–Kier alpha value is -4.34. The van der Waals surface area contributed by atoms with E-state index in [4.69, 9.17) is 13.9 Å². The van der Waals surface area contributed by atoms with Crippen molar-refractivity contribution >= 4 is 28.7 Å². The van der Waals surface area contributed by atoms with Gasteiger partial charge in [-0.3, -0.25) is 19.2 Å². The summed E-state index contributed by atoms with van der Waals surface area (Å²) in [6, 6.07) is 12.4. The molecule has 0 radical (unpaired) electrons. The molecule has 1 N–H and O–H groups in total. The van der Waals surface area contributed by atoms with Gasteiger partial charge < -0.3 is 29.0 Å². The molecule has 10 nitrogen and oxygen atoms in total. The van der Waals surface area contributed by atoms with E-state index >= 15 is 0 Å². The Labute approximate surface area is 224 Å². The fourth-order valence-corrected chi connectivity index (χ4v) is 5.60. The zero-order valence-corrected chi connectivity index (χ0v) is 21.4. The van der Waals surface area contributed by atoms with Gasteiger partial charge in [0.15, 0.2) is 22.7 Å². The van der Waals surface area contributed by atoms with Crippen LogP contribution in [0.4, 0.5) is 0 Å². The molecule has 4 heterocycles. The van der Waals surface area contributed by atoms with Gasteiger partial charge in [0.05, 0.1) is 11.9 Å². The fraction of sp³-hybridized carbons (Fsp3) is 0.379. The van der Waals surface area contributed by atoms with Crippen molar-refractivity contribution in [3.8, 4) is 11.5 Å². The monoisotopic (exact) mass is 531 g/mol. The normalized spacial score (nSPS) is 17.2. The van der Waals surface area contributed by atoms with E-state index in [2.05, 4.69) is 17.4 Å². The van der Waals surface area contributed by atoms with Crippen molar-refractivity contribution in [3.63, 3.8) is 0 Å². The summed E-state index contributed by atoms with van der Waals surface area (Å²) in [4.78, 5) is 53.9. The molecule has 0 atom stereocenters. The number of carbonyl (C=O) groups excluding carboxylic acids is 3. The van der Waals surface area contributed by atoms with Gasteiger partial charge in [-0.15, -0.1) is 0 Å². The number of carbonyl (C=O) groups is 3. The van der Waals surface area contributed by atoms with Crippen LogP contribution in [0, 0.1) is 0 Å². The maximum Gasteiger partial charge on any atom is 0.287 e. The molecule has 2 aromatic carbocycles. The first-order valence-electron chi connectivity index (χ1n) is 13.3. The fourth-order valence-electron chi connectivity index (χ4n) is 5.60. The first-order chi connectivity index (χ1) is 19.0. The number of piperidine rings is 1. The third-order valence-corrected chi connectivity index (χ3v) is 7.72. The second-order valence-electron chi connectivity index (χ2n) is 10.1. The molecule has 0 spiro atoms. The van der Waals surface area contributed by atoms with Crippen LogP contribution in [0.3, 0.4) is 0 Å². The van der Waals surface area contributed by atoms with Crippen LogP contribution >= 0.6 is 0 Å². The minimum Gasteiger partial charge on any atom is -0.454 e. The van der Waals surface area contributed by atoms with Gasteiger partial charge in [-0.1, -0.05) is 24.3 Å². The number of hydrogen-bond acceptors (Lipinski definition) is 7. The Balaban J connectivity index is 1.05. The Morgan fingerprint density at radius 2 is 1.74 bits per heavy atom. The van der Waals surface area contributed by atoms with E-state index < -0.39 is 5.91 Å². The molecule has 10 heteroatoms. The van der Waals surface area contributed by atoms with E-state index in [1.54, 1.807) is 4.90 Å². The van der Waals surface area contributed by atoms with Crippen LogP contribution in [0.1, 0.15) is 53.3 Å². The molecule has 2 fully saturated rings. The highest BCUT2D eigenvalue weighted by atomic mass is 16.7. The van der Waals surface area contributed by atoms with E-state index in [0.717, 1.165) is 31.9 Å².